The maximum atomic E-state index is 13.1. The number of amides is 1. The molecule has 0 heterocycles. The molecule has 0 spiro atoms. The fourth-order valence-corrected chi connectivity index (χ4v) is 4.70. The Morgan fingerprint density at radius 1 is 0.969 bits per heavy atom. The summed E-state index contributed by atoms with van der Waals surface area (Å²) in [5, 5.41) is 12.0. The maximum Gasteiger partial charge on any atom is 0.264 e. The molecule has 1 amide bonds. The van der Waals surface area contributed by atoms with Crippen LogP contribution in [-0.4, -0.2) is 20.9 Å². The summed E-state index contributed by atoms with van der Waals surface area (Å²) < 4.78 is 27.5. The molecule has 0 aliphatic heterocycles. The number of hydrogen-bond donors (Lipinski definition) is 1. The Morgan fingerprint density at radius 3 is 2.09 bits per heavy atom. The molecule has 3 rings (SSSR count). The lowest BCUT2D eigenvalue weighted by atomic mass is 9.86. The molecule has 3 aromatic carbocycles. The minimum Gasteiger partial charge on any atom is -0.322 e. The SMILES string of the molecule is CCN(c1ccccc1)S(=O)(=O)c1ccc(C(=O)Nc2ccc(C(C)(C)C#N)cc2)cc1. The highest BCUT2D eigenvalue weighted by Crippen LogP contribution is 2.25. The van der Waals surface area contributed by atoms with Gasteiger partial charge in [-0.2, -0.15) is 5.26 Å². The van der Waals surface area contributed by atoms with Crippen LogP contribution in [0.3, 0.4) is 0 Å². The number of anilines is 2. The van der Waals surface area contributed by atoms with Gasteiger partial charge in [0.25, 0.3) is 15.9 Å². The van der Waals surface area contributed by atoms with Gasteiger partial charge >= 0.3 is 0 Å². The third-order valence-electron chi connectivity index (χ3n) is 5.18. The number of nitrogens with zero attached hydrogens (tertiary/aromatic N) is 2. The van der Waals surface area contributed by atoms with Crippen LogP contribution >= 0.6 is 0 Å². The number of para-hydroxylation sites is 1. The van der Waals surface area contributed by atoms with E-state index < -0.39 is 15.4 Å². The highest BCUT2D eigenvalue weighted by atomic mass is 32.2. The molecule has 7 heteroatoms. The summed E-state index contributed by atoms with van der Waals surface area (Å²) in [6.07, 6.45) is 0. The van der Waals surface area contributed by atoms with E-state index in [0.29, 0.717) is 16.9 Å². The van der Waals surface area contributed by atoms with Crippen LogP contribution in [0, 0.1) is 11.3 Å². The molecule has 0 aliphatic rings. The number of rotatable bonds is 7. The van der Waals surface area contributed by atoms with Crippen molar-refractivity contribution in [1.82, 2.24) is 0 Å². The Morgan fingerprint density at radius 2 is 1.56 bits per heavy atom. The van der Waals surface area contributed by atoms with Crippen molar-refractivity contribution in [2.24, 2.45) is 0 Å². The Labute approximate surface area is 189 Å². The molecule has 0 bridgehead atoms. The van der Waals surface area contributed by atoms with Crippen molar-refractivity contribution in [1.29, 1.82) is 5.26 Å². The molecular weight excluding hydrogens is 422 g/mol. The first-order chi connectivity index (χ1) is 15.2. The molecule has 0 aromatic heterocycles. The zero-order valence-electron chi connectivity index (χ0n) is 18.2. The topological polar surface area (TPSA) is 90.3 Å². The van der Waals surface area contributed by atoms with Gasteiger partial charge in [-0.05, 0) is 74.9 Å². The van der Waals surface area contributed by atoms with Crippen molar-refractivity contribution in [2.75, 3.05) is 16.2 Å². The first kappa shape index (κ1) is 23.0. The van der Waals surface area contributed by atoms with Crippen LogP contribution < -0.4 is 9.62 Å². The van der Waals surface area contributed by atoms with Crippen molar-refractivity contribution in [3.05, 3.63) is 90.0 Å². The summed E-state index contributed by atoms with van der Waals surface area (Å²) in [6, 6.07) is 24.1. The summed E-state index contributed by atoms with van der Waals surface area (Å²) in [5.41, 5.74) is 1.75. The molecule has 6 nitrogen and oxygen atoms in total. The summed E-state index contributed by atoms with van der Waals surface area (Å²) in [4.78, 5) is 12.7. The Hall–Kier alpha value is -3.63. The van der Waals surface area contributed by atoms with Gasteiger partial charge in [0.05, 0.1) is 22.1 Å². The molecule has 0 saturated carbocycles. The van der Waals surface area contributed by atoms with Crippen LogP contribution in [-0.2, 0) is 15.4 Å². The van der Waals surface area contributed by atoms with Crippen LogP contribution in [0.4, 0.5) is 11.4 Å². The molecule has 0 fully saturated rings. The quantitative estimate of drug-likeness (QED) is 0.554. The van der Waals surface area contributed by atoms with Crippen molar-refractivity contribution >= 4 is 27.3 Å². The summed E-state index contributed by atoms with van der Waals surface area (Å²) in [7, 11) is -3.75. The van der Waals surface area contributed by atoms with Crippen molar-refractivity contribution in [3.8, 4) is 6.07 Å². The van der Waals surface area contributed by atoms with Crippen molar-refractivity contribution < 1.29 is 13.2 Å². The molecule has 0 unspecified atom stereocenters. The standard InChI is InChI=1S/C25H25N3O3S/c1-4-28(22-8-6-5-7-9-22)32(30,31)23-16-10-19(11-17-23)24(29)27-21-14-12-20(13-15-21)25(2,3)18-26/h5-17H,4H2,1-3H3,(H,27,29). The van der Waals surface area contributed by atoms with Crippen LogP contribution in [0.25, 0.3) is 0 Å². The second kappa shape index (κ2) is 9.25. The minimum absolute atomic E-state index is 0.114. The molecule has 0 atom stereocenters. The molecule has 164 valence electrons. The van der Waals surface area contributed by atoms with Crippen LogP contribution in [0.15, 0.2) is 83.8 Å². The fourth-order valence-electron chi connectivity index (χ4n) is 3.23. The van der Waals surface area contributed by atoms with Crippen LogP contribution in [0.2, 0.25) is 0 Å². The van der Waals surface area contributed by atoms with E-state index >= 15 is 0 Å². The number of hydrogen-bond acceptors (Lipinski definition) is 4. The van der Waals surface area contributed by atoms with Gasteiger partial charge in [-0.15, -0.1) is 0 Å². The average molecular weight is 448 g/mol. The monoisotopic (exact) mass is 447 g/mol. The molecule has 3 aromatic rings. The average Bonchev–Trinajstić information content (AvgIpc) is 2.80. The second-order valence-electron chi connectivity index (χ2n) is 7.80. The van der Waals surface area contributed by atoms with E-state index in [9.17, 15) is 18.5 Å². The van der Waals surface area contributed by atoms with Gasteiger partial charge in [-0.3, -0.25) is 9.10 Å². The lowest BCUT2D eigenvalue weighted by Gasteiger charge is -2.23. The van der Waals surface area contributed by atoms with Crippen molar-refractivity contribution in [3.63, 3.8) is 0 Å². The van der Waals surface area contributed by atoms with E-state index in [1.807, 2.05) is 19.9 Å². The van der Waals surface area contributed by atoms with E-state index in [1.165, 1.54) is 28.6 Å². The number of benzene rings is 3. The predicted octanol–water partition coefficient (Wildman–Crippen LogP) is 4.96. The fraction of sp³-hybridized carbons (Fsp3) is 0.200. The normalized spacial score (nSPS) is 11.4. The molecule has 0 aliphatic carbocycles. The number of carbonyl (C=O) groups is 1. The van der Waals surface area contributed by atoms with Gasteiger partial charge in [0.2, 0.25) is 0 Å². The van der Waals surface area contributed by atoms with E-state index in [-0.39, 0.29) is 17.3 Å². The first-order valence-electron chi connectivity index (χ1n) is 10.2. The van der Waals surface area contributed by atoms with Gasteiger partial charge in [0, 0.05) is 17.8 Å². The Balaban J connectivity index is 1.76. The van der Waals surface area contributed by atoms with Crippen LogP contribution in [0.5, 0.6) is 0 Å². The van der Waals surface area contributed by atoms with Crippen LogP contribution in [0.1, 0.15) is 36.7 Å². The summed E-state index contributed by atoms with van der Waals surface area (Å²) >= 11 is 0. The third kappa shape index (κ3) is 4.82. The van der Waals surface area contributed by atoms with E-state index in [4.69, 9.17) is 0 Å². The van der Waals surface area contributed by atoms with E-state index in [2.05, 4.69) is 11.4 Å². The predicted molar refractivity (Wildman–Crippen MR) is 126 cm³/mol. The Kier molecular flexibility index (Phi) is 6.66. The number of sulfonamides is 1. The number of nitriles is 1. The van der Waals surface area contributed by atoms with Gasteiger partial charge in [-0.25, -0.2) is 8.42 Å². The van der Waals surface area contributed by atoms with Crippen molar-refractivity contribution in [2.45, 2.75) is 31.1 Å². The highest BCUT2D eigenvalue weighted by Gasteiger charge is 2.24. The minimum atomic E-state index is -3.75. The molecule has 0 saturated heterocycles. The number of nitrogens with one attached hydrogen (secondary N) is 1. The first-order valence-corrected chi connectivity index (χ1v) is 11.6. The largest absolute Gasteiger partial charge is 0.322 e. The van der Waals surface area contributed by atoms with Gasteiger partial charge in [0.1, 0.15) is 0 Å². The molecular formula is C25H25N3O3S. The maximum absolute atomic E-state index is 13.1. The lowest BCUT2D eigenvalue weighted by Crippen LogP contribution is -2.30. The third-order valence-corrected chi connectivity index (χ3v) is 7.10. The molecule has 0 radical (unpaired) electrons. The summed E-state index contributed by atoms with van der Waals surface area (Å²) in [6.45, 7) is 5.71. The van der Waals surface area contributed by atoms with Gasteiger partial charge in [0.15, 0.2) is 0 Å². The van der Waals surface area contributed by atoms with E-state index in [1.54, 1.807) is 55.5 Å². The summed E-state index contributed by atoms with van der Waals surface area (Å²) in [5.74, 6) is -0.350. The smallest absolute Gasteiger partial charge is 0.264 e. The zero-order valence-corrected chi connectivity index (χ0v) is 19.1. The van der Waals surface area contributed by atoms with E-state index in [0.717, 1.165) is 5.56 Å². The highest BCUT2D eigenvalue weighted by molar-refractivity contribution is 7.92. The van der Waals surface area contributed by atoms with Gasteiger partial charge in [-0.1, -0.05) is 30.3 Å². The van der Waals surface area contributed by atoms with Gasteiger partial charge < -0.3 is 5.32 Å². The molecule has 1 N–H and O–H groups in total. The zero-order chi connectivity index (χ0) is 23.4. The second-order valence-corrected chi connectivity index (χ2v) is 9.66. The number of carbonyl (C=O) groups excluding carboxylic acids is 1. The lowest BCUT2D eigenvalue weighted by molar-refractivity contribution is 0.102. The Bertz CT molecular complexity index is 1230. The molecule has 32 heavy (non-hydrogen) atoms.